The first kappa shape index (κ1) is 20.8. The first-order chi connectivity index (χ1) is 12.4. The summed E-state index contributed by atoms with van der Waals surface area (Å²) in [6.45, 7) is 3.25. The number of sulfonamides is 1. The normalized spacial score (nSPS) is 13.1. The number of hydrogen-bond donors (Lipinski definition) is 1. The number of hydrogen-bond acceptors (Lipinski definition) is 3. The minimum atomic E-state index is -4.48. The summed E-state index contributed by atoms with van der Waals surface area (Å²) in [4.78, 5) is 12.5. The molecule has 146 valence electrons. The van der Waals surface area contributed by atoms with Crippen LogP contribution < -0.4 is 9.62 Å². The van der Waals surface area contributed by atoms with Crippen molar-refractivity contribution in [2.45, 2.75) is 26.1 Å². The SMILES string of the molecule is Cc1ccc(N([C@H](C)C(=O)Nc2ccc(C(F)(F)F)cc2)S(C)(=O)=O)cc1. The third-order valence-electron chi connectivity index (χ3n) is 3.86. The van der Waals surface area contributed by atoms with Crippen molar-refractivity contribution < 1.29 is 26.4 Å². The van der Waals surface area contributed by atoms with Crippen LogP contribution in [0.4, 0.5) is 24.5 Å². The lowest BCUT2D eigenvalue weighted by Crippen LogP contribution is -2.45. The molecule has 0 spiro atoms. The monoisotopic (exact) mass is 400 g/mol. The average molecular weight is 400 g/mol. The third-order valence-corrected chi connectivity index (χ3v) is 5.10. The fourth-order valence-corrected chi connectivity index (χ4v) is 3.66. The molecule has 0 fully saturated rings. The van der Waals surface area contributed by atoms with Crippen LogP contribution in [0.2, 0.25) is 0 Å². The first-order valence-electron chi connectivity index (χ1n) is 7.94. The van der Waals surface area contributed by atoms with Gasteiger partial charge in [0, 0.05) is 5.69 Å². The molecule has 0 bridgehead atoms. The third kappa shape index (κ3) is 5.22. The van der Waals surface area contributed by atoms with E-state index in [2.05, 4.69) is 5.32 Å². The Bertz CT molecular complexity index is 908. The number of nitrogens with zero attached hydrogens (tertiary/aromatic N) is 1. The number of amides is 1. The van der Waals surface area contributed by atoms with Crippen molar-refractivity contribution in [1.29, 1.82) is 0 Å². The van der Waals surface area contributed by atoms with Crippen LogP contribution in [0.5, 0.6) is 0 Å². The van der Waals surface area contributed by atoms with Crippen LogP contribution >= 0.6 is 0 Å². The van der Waals surface area contributed by atoms with Crippen LogP contribution in [0.25, 0.3) is 0 Å². The molecule has 0 aliphatic carbocycles. The molecule has 27 heavy (non-hydrogen) atoms. The summed E-state index contributed by atoms with van der Waals surface area (Å²) in [5.74, 6) is -0.666. The smallest absolute Gasteiger partial charge is 0.324 e. The predicted octanol–water partition coefficient (Wildman–Crippen LogP) is 3.81. The lowest BCUT2D eigenvalue weighted by atomic mass is 10.2. The Morgan fingerprint density at radius 3 is 2.00 bits per heavy atom. The average Bonchev–Trinajstić information content (AvgIpc) is 2.55. The van der Waals surface area contributed by atoms with Crippen LogP contribution in [0.3, 0.4) is 0 Å². The van der Waals surface area contributed by atoms with Gasteiger partial charge in [-0.2, -0.15) is 13.2 Å². The highest BCUT2D eigenvalue weighted by Crippen LogP contribution is 2.30. The molecule has 0 aliphatic rings. The Morgan fingerprint density at radius 1 is 1.04 bits per heavy atom. The van der Waals surface area contributed by atoms with Gasteiger partial charge in [0.05, 0.1) is 17.5 Å². The van der Waals surface area contributed by atoms with E-state index in [0.29, 0.717) is 5.69 Å². The summed E-state index contributed by atoms with van der Waals surface area (Å²) in [6, 6.07) is 9.40. The van der Waals surface area contributed by atoms with Gasteiger partial charge in [-0.3, -0.25) is 9.10 Å². The first-order valence-corrected chi connectivity index (χ1v) is 9.78. The van der Waals surface area contributed by atoms with Gasteiger partial charge < -0.3 is 5.32 Å². The number of carbonyl (C=O) groups is 1. The number of benzene rings is 2. The minimum Gasteiger partial charge on any atom is -0.324 e. The molecule has 0 aliphatic heterocycles. The second kappa shape index (κ2) is 7.59. The Labute approximate surface area is 155 Å². The molecule has 5 nitrogen and oxygen atoms in total. The molecular formula is C18H19F3N2O3S. The molecule has 2 rings (SSSR count). The molecular weight excluding hydrogens is 381 g/mol. The molecule has 1 amide bonds. The molecule has 0 saturated carbocycles. The second-order valence-corrected chi connectivity index (χ2v) is 7.99. The highest BCUT2D eigenvalue weighted by atomic mass is 32.2. The van der Waals surface area contributed by atoms with E-state index >= 15 is 0 Å². The zero-order valence-electron chi connectivity index (χ0n) is 14.9. The fraction of sp³-hybridized carbons (Fsp3) is 0.278. The quantitative estimate of drug-likeness (QED) is 0.830. The fourth-order valence-electron chi connectivity index (χ4n) is 2.49. The number of rotatable bonds is 5. The molecule has 2 aromatic carbocycles. The molecule has 0 radical (unpaired) electrons. The molecule has 0 aromatic heterocycles. The standard InChI is InChI=1S/C18H19F3N2O3S/c1-12-4-10-16(11-5-12)23(27(3,25)26)13(2)17(24)22-15-8-6-14(7-9-15)18(19,20)21/h4-11,13H,1-3H3,(H,22,24)/t13-/m1/s1. The molecule has 1 atom stereocenters. The highest BCUT2D eigenvalue weighted by molar-refractivity contribution is 7.92. The van der Waals surface area contributed by atoms with E-state index in [9.17, 15) is 26.4 Å². The zero-order valence-corrected chi connectivity index (χ0v) is 15.7. The van der Waals surface area contributed by atoms with E-state index < -0.39 is 33.7 Å². The number of halogens is 3. The van der Waals surface area contributed by atoms with Crippen molar-refractivity contribution in [3.8, 4) is 0 Å². The molecule has 9 heteroatoms. The van der Waals surface area contributed by atoms with Gasteiger partial charge >= 0.3 is 6.18 Å². The van der Waals surface area contributed by atoms with Crippen LogP contribution in [0.1, 0.15) is 18.1 Å². The van der Waals surface area contributed by atoms with Crippen LogP contribution in [0.15, 0.2) is 48.5 Å². The van der Waals surface area contributed by atoms with Crippen LogP contribution in [0, 0.1) is 6.92 Å². The van der Waals surface area contributed by atoms with E-state index in [1.807, 2.05) is 6.92 Å². The largest absolute Gasteiger partial charge is 0.416 e. The number of alkyl halides is 3. The molecule has 0 heterocycles. The van der Waals surface area contributed by atoms with Gasteiger partial charge in [0.2, 0.25) is 15.9 Å². The van der Waals surface area contributed by atoms with Crippen molar-refractivity contribution in [3.05, 3.63) is 59.7 Å². The Hall–Kier alpha value is -2.55. The zero-order chi connectivity index (χ0) is 20.4. The van der Waals surface area contributed by atoms with Crippen molar-refractivity contribution >= 4 is 27.3 Å². The molecule has 2 aromatic rings. The maximum atomic E-state index is 12.6. The number of carbonyl (C=O) groups excluding carboxylic acids is 1. The van der Waals surface area contributed by atoms with Crippen LogP contribution in [-0.2, 0) is 21.0 Å². The molecule has 0 unspecified atom stereocenters. The number of nitrogens with one attached hydrogen (secondary N) is 1. The summed E-state index contributed by atoms with van der Waals surface area (Å²) in [5, 5.41) is 2.44. The van der Waals surface area contributed by atoms with E-state index in [0.717, 1.165) is 40.4 Å². The van der Waals surface area contributed by atoms with Gasteiger partial charge in [-0.25, -0.2) is 8.42 Å². The minimum absolute atomic E-state index is 0.136. The predicted molar refractivity (Wildman–Crippen MR) is 98.0 cm³/mol. The summed E-state index contributed by atoms with van der Waals surface area (Å²) >= 11 is 0. The van der Waals surface area contributed by atoms with Gasteiger partial charge in [-0.15, -0.1) is 0 Å². The lowest BCUT2D eigenvalue weighted by Gasteiger charge is -2.28. The Morgan fingerprint density at radius 2 is 1.56 bits per heavy atom. The summed E-state index contributed by atoms with van der Waals surface area (Å²) < 4.78 is 63.2. The van der Waals surface area contributed by atoms with Gasteiger partial charge in [0.25, 0.3) is 0 Å². The van der Waals surface area contributed by atoms with E-state index in [1.54, 1.807) is 24.3 Å². The second-order valence-electron chi connectivity index (χ2n) is 6.13. The maximum Gasteiger partial charge on any atom is 0.416 e. The van der Waals surface area contributed by atoms with Gasteiger partial charge in [0.15, 0.2) is 0 Å². The summed E-state index contributed by atoms with van der Waals surface area (Å²) in [7, 11) is -3.77. The van der Waals surface area contributed by atoms with Crippen molar-refractivity contribution in [1.82, 2.24) is 0 Å². The van der Waals surface area contributed by atoms with Crippen molar-refractivity contribution in [3.63, 3.8) is 0 Å². The summed E-state index contributed by atoms with van der Waals surface area (Å²) in [6.07, 6.45) is -3.50. The van der Waals surface area contributed by atoms with E-state index in [4.69, 9.17) is 0 Å². The lowest BCUT2D eigenvalue weighted by molar-refractivity contribution is -0.137. The van der Waals surface area contributed by atoms with Crippen molar-refractivity contribution in [2.75, 3.05) is 15.9 Å². The Balaban J connectivity index is 2.23. The number of aryl methyl sites for hydroxylation is 1. The maximum absolute atomic E-state index is 12.6. The summed E-state index contributed by atoms with van der Waals surface area (Å²) in [5.41, 5.74) is 0.537. The van der Waals surface area contributed by atoms with Gasteiger partial charge in [-0.05, 0) is 50.2 Å². The molecule has 0 saturated heterocycles. The molecule has 1 N–H and O–H groups in total. The highest BCUT2D eigenvalue weighted by Gasteiger charge is 2.31. The Kier molecular flexibility index (Phi) is 5.84. The van der Waals surface area contributed by atoms with Gasteiger partial charge in [0.1, 0.15) is 6.04 Å². The van der Waals surface area contributed by atoms with Crippen molar-refractivity contribution in [2.24, 2.45) is 0 Å². The topological polar surface area (TPSA) is 66.5 Å². The van der Waals surface area contributed by atoms with E-state index in [1.165, 1.54) is 6.92 Å². The van der Waals surface area contributed by atoms with E-state index in [-0.39, 0.29) is 5.69 Å². The number of anilines is 2. The van der Waals surface area contributed by atoms with Crippen LogP contribution in [-0.4, -0.2) is 26.6 Å². The van der Waals surface area contributed by atoms with Gasteiger partial charge in [-0.1, -0.05) is 17.7 Å².